The van der Waals surface area contributed by atoms with Crippen molar-refractivity contribution >= 4 is 5.97 Å². The number of phenols is 1. The molecule has 0 aliphatic carbocycles. The lowest BCUT2D eigenvalue weighted by Gasteiger charge is -2.18. The van der Waals surface area contributed by atoms with E-state index in [4.69, 9.17) is 10.8 Å². The lowest BCUT2D eigenvalue weighted by atomic mass is 10.0. The number of carbonyl (C=O) groups is 1. The monoisotopic (exact) mass is 249 g/mol. The quantitative estimate of drug-likeness (QED) is 0.759. The second kappa shape index (κ2) is 4.62. The molecule has 1 aromatic carbocycles. The summed E-state index contributed by atoms with van der Waals surface area (Å²) in [6, 6.07) is 1.13. The van der Waals surface area contributed by atoms with Crippen molar-refractivity contribution in [2.24, 2.45) is 5.73 Å². The topological polar surface area (TPSA) is 83.6 Å². The van der Waals surface area contributed by atoms with Crippen LogP contribution in [0.15, 0.2) is 18.2 Å². The first kappa shape index (κ1) is 13.3. The lowest BCUT2D eigenvalue weighted by Crippen LogP contribution is -2.28. The number of aromatic hydroxyl groups is 1. The van der Waals surface area contributed by atoms with Crippen LogP contribution in [0.5, 0.6) is 5.75 Å². The van der Waals surface area contributed by atoms with Gasteiger partial charge in [0, 0.05) is 11.1 Å². The Morgan fingerprint density at radius 3 is 2.47 bits per heavy atom. The number of aliphatic carboxylic acids is 1. The van der Waals surface area contributed by atoms with Crippen molar-refractivity contribution in [2.75, 3.05) is 0 Å². The van der Waals surface area contributed by atoms with E-state index in [9.17, 15) is 23.1 Å². The van der Waals surface area contributed by atoms with Crippen LogP contribution in [0.25, 0.3) is 0 Å². The van der Waals surface area contributed by atoms with Gasteiger partial charge in [0.1, 0.15) is 11.8 Å². The Kier molecular flexibility index (Phi) is 3.62. The molecule has 0 unspecified atom stereocenters. The third kappa shape index (κ3) is 3.10. The molecular formula is C10H10F3NO3. The molecule has 4 nitrogen and oxygen atoms in total. The molecule has 1 aromatic rings. The Bertz CT molecular complexity index is 431. The summed E-state index contributed by atoms with van der Waals surface area (Å²) in [5.74, 6) is -1.97. The van der Waals surface area contributed by atoms with Gasteiger partial charge in [-0.3, -0.25) is 4.79 Å². The highest BCUT2D eigenvalue weighted by molar-refractivity contribution is 5.71. The second-order valence-corrected chi connectivity index (χ2v) is 3.44. The van der Waals surface area contributed by atoms with Gasteiger partial charge in [-0.05, 0) is 0 Å². The van der Waals surface area contributed by atoms with Gasteiger partial charge >= 0.3 is 12.1 Å². The summed E-state index contributed by atoms with van der Waals surface area (Å²) in [4.78, 5) is 10.4. The minimum atomic E-state index is -4.70. The van der Waals surface area contributed by atoms with Gasteiger partial charge in [0.15, 0.2) is 0 Å². The van der Waals surface area contributed by atoms with Crippen LogP contribution in [0.4, 0.5) is 13.2 Å². The molecule has 0 heterocycles. The molecule has 0 bridgehead atoms. The van der Waals surface area contributed by atoms with Crippen molar-refractivity contribution in [1.82, 2.24) is 0 Å². The van der Waals surface area contributed by atoms with Gasteiger partial charge in [-0.1, -0.05) is 18.2 Å². The number of alkyl halides is 3. The SMILES string of the molecule is N[C@H](c1cccc(CC(=O)O)c1O)C(F)(F)F. The number of hydrogen-bond donors (Lipinski definition) is 3. The summed E-state index contributed by atoms with van der Waals surface area (Å²) >= 11 is 0. The Labute approximate surface area is 94.5 Å². The predicted molar refractivity (Wildman–Crippen MR) is 52.4 cm³/mol. The first-order valence-electron chi connectivity index (χ1n) is 4.58. The molecule has 0 saturated carbocycles. The molecule has 0 radical (unpaired) electrons. The molecule has 0 aliphatic heterocycles. The summed E-state index contributed by atoms with van der Waals surface area (Å²) in [6.45, 7) is 0. The summed E-state index contributed by atoms with van der Waals surface area (Å²) in [5, 5.41) is 18.0. The Morgan fingerprint density at radius 1 is 1.41 bits per heavy atom. The van der Waals surface area contributed by atoms with Crippen molar-refractivity contribution < 1.29 is 28.2 Å². The van der Waals surface area contributed by atoms with Crippen LogP contribution in [0, 0.1) is 0 Å². The molecule has 17 heavy (non-hydrogen) atoms. The van der Waals surface area contributed by atoms with E-state index in [-0.39, 0.29) is 5.56 Å². The summed E-state index contributed by atoms with van der Waals surface area (Å²) in [7, 11) is 0. The van der Waals surface area contributed by atoms with Crippen LogP contribution in [-0.2, 0) is 11.2 Å². The second-order valence-electron chi connectivity index (χ2n) is 3.44. The maximum Gasteiger partial charge on any atom is 0.407 e. The van der Waals surface area contributed by atoms with E-state index in [0.29, 0.717) is 0 Å². The maximum atomic E-state index is 12.4. The van der Waals surface area contributed by atoms with Gasteiger partial charge in [0.25, 0.3) is 0 Å². The number of nitrogens with two attached hydrogens (primary N) is 1. The number of phenolic OH excluding ortho intramolecular Hbond substituents is 1. The van der Waals surface area contributed by atoms with Gasteiger partial charge in [-0.2, -0.15) is 13.2 Å². The van der Waals surface area contributed by atoms with Gasteiger partial charge in [0.2, 0.25) is 0 Å². The lowest BCUT2D eigenvalue weighted by molar-refractivity contribution is -0.149. The van der Waals surface area contributed by atoms with E-state index >= 15 is 0 Å². The van der Waals surface area contributed by atoms with Crippen LogP contribution in [-0.4, -0.2) is 22.4 Å². The normalized spacial score (nSPS) is 13.4. The van der Waals surface area contributed by atoms with E-state index < -0.39 is 35.9 Å². The van der Waals surface area contributed by atoms with Gasteiger partial charge < -0.3 is 15.9 Å². The highest BCUT2D eigenvalue weighted by Crippen LogP contribution is 2.36. The molecule has 94 valence electrons. The van der Waals surface area contributed by atoms with E-state index in [1.165, 1.54) is 12.1 Å². The van der Waals surface area contributed by atoms with Crippen LogP contribution < -0.4 is 5.73 Å². The molecule has 0 aliphatic rings. The fraction of sp³-hybridized carbons (Fsp3) is 0.300. The summed E-state index contributed by atoms with van der Waals surface area (Å²) < 4.78 is 37.1. The van der Waals surface area contributed by atoms with Crippen molar-refractivity contribution in [3.63, 3.8) is 0 Å². The first-order chi connectivity index (χ1) is 7.73. The maximum absolute atomic E-state index is 12.4. The highest BCUT2D eigenvalue weighted by Gasteiger charge is 2.39. The molecular weight excluding hydrogens is 239 g/mol. The van der Waals surface area contributed by atoms with Crippen molar-refractivity contribution in [2.45, 2.75) is 18.6 Å². The van der Waals surface area contributed by atoms with Gasteiger partial charge in [0.05, 0.1) is 6.42 Å². The van der Waals surface area contributed by atoms with Gasteiger partial charge in [-0.25, -0.2) is 0 Å². The van der Waals surface area contributed by atoms with Crippen molar-refractivity contribution in [3.8, 4) is 5.75 Å². The van der Waals surface area contributed by atoms with Gasteiger partial charge in [-0.15, -0.1) is 0 Å². The smallest absolute Gasteiger partial charge is 0.407 e. The Hall–Kier alpha value is -1.76. The number of hydrogen-bond acceptors (Lipinski definition) is 3. The van der Waals surface area contributed by atoms with E-state index in [0.717, 1.165) is 6.07 Å². The summed E-state index contributed by atoms with van der Waals surface area (Å²) in [5.41, 5.74) is 4.31. The van der Waals surface area contributed by atoms with Crippen LogP contribution in [0.1, 0.15) is 17.2 Å². The van der Waals surface area contributed by atoms with Crippen molar-refractivity contribution in [3.05, 3.63) is 29.3 Å². The fourth-order valence-corrected chi connectivity index (χ4v) is 1.34. The number of carboxylic acid groups (broad SMARTS) is 1. The molecule has 0 aromatic heterocycles. The fourth-order valence-electron chi connectivity index (χ4n) is 1.34. The Morgan fingerprint density at radius 2 is 2.00 bits per heavy atom. The molecule has 4 N–H and O–H groups in total. The van der Waals surface area contributed by atoms with E-state index in [1.807, 2.05) is 0 Å². The van der Waals surface area contributed by atoms with Crippen LogP contribution >= 0.6 is 0 Å². The number of benzene rings is 1. The molecule has 0 saturated heterocycles. The largest absolute Gasteiger partial charge is 0.507 e. The average molecular weight is 249 g/mol. The summed E-state index contributed by atoms with van der Waals surface area (Å²) in [6.07, 6.45) is -5.26. The number of carboxylic acids is 1. The molecule has 1 atom stereocenters. The third-order valence-corrected chi connectivity index (χ3v) is 2.18. The minimum absolute atomic E-state index is 0.102. The predicted octanol–water partition coefficient (Wildman–Crippen LogP) is 1.58. The standard InChI is InChI=1S/C10H10F3NO3/c11-10(12,13)9(14)6-3-1-2-5(8(6)17)4-7(15)16/h1-3,9,17H,4,14H2,(H,15,16)/t9-/m1/s1. The molecule has 1 rings (SSSR count). The number of para-hydroxylation sites is 1. The number of halogens is 3. The van der Waals surface area contributed by atoms with Crippen LogP contribution in [0.2, 0.25) is 0 Å². The minimum Gasteiger partial charge on any atom is -0.507 e. The molecule has 7 heteroatoms. The zero-order valence-electron chi connectivity index (χ0n) is 8.53. The third-order valence-electron chi connectivity index (χ3n) is 2.18. The molecule has 0 amide bonds. The first-order valence-corrected chi connectivity index (χ1v) is 4.58. The zero-order valence-corrected chi connectivity index (χ0v) is 8.53. The zero-order chi connectivity index (χ0) is 13.2. The van der Waals surface area contributed by atoms with E-state index in [1.54, 1.807) is 0 Å². The highest BCUT2D eigenvalue weighted by atomic mass is 19.4. The van der Waals surface area contributed by atoms with Crippen molar-refractivity contribution in [1.29, 1.82) is 0 Å². The average Bonchev–Trinajstić information content (AvgIpc) is 2.18. The Balaban J connectivity index is 3.14. The van der Waals surface area contributed by atoms with Crippen LogP contribution in [0.3, 0.4) is 0 Å². The number of rotatable bonds is 3. The molecule has 0 fully saturated rings. The molecule has 0 spiro atoms. The van der Waals surface area contributed by atoms with E-state index in [2.05, 4.69) is 0 Å².